The third kappa shape index (κ3) is 3.20. The Morgan fingerprint density at radius 3 is 2.70 bits per heavy atom. The van der Waals surface area contributed by atoms with Gasteiger partial charge in [0.2, 0.25) is 0 Å². The number of aromatic hydroxyl groups is 1. The summed E-state index contributed by atoms with van der Waals surface area (Å²) in [5, 5.41) is 13.7. The Morgan fingerprint density at radius 2 is 2.00 bits per heavy atom. The number of benzene rings is 1. The second-order valence-corrected chi connectivity index (χ2v) is 4.45. The van der Waals surface area contributed by atoms with Gasteiger partial charge in [-0.05, 0) is 43.2 Å². The van der Waals surface area contributed by atoms with Crippen LogP contribution in [-0.2, 0) is 0 Å². The van der Waals surface area contributed by atoms with E-state index < -0.39 is 0 Å². The monoisotopic (exact) mass is 269 g/mol. The van der Waals surface area contributed by atoms with Crippen LogP contribution in [0.5, 0.6) is 5.75 Å². The van der Waals surface area contributed by atoms with Gasteiger partial charge in [0.15, 0.2) is 0 Å². The molecule has 1 aromatic heterocycles. The van der Waals surface area contributed by atoms with E-state index in [2.05, 4.69) is 15.5 Å². The number of amides is 1. The molecule has 5 heteroatoms. The second kappa shape index (κ2) is 5.97. The van der Waals surface area contributed by atoms with Crippen LogP contribution in [0.3, 0.4) is 0 Å². The summed E-state index contributed by atoms with van der Waals surface area (Å²) in [5.74, 6) is -0.162. The van der Waals surface area contributed by atoms with Gasteiger partial charge in [0, 0.05) is 23.5 Å². The Kier molecular flexibility index (Phi) is 4.10. The number of phenolic OH excluding ortho intramolecular Hbond substituents is 1. The number of aryl methyl sites for hydroxylation is 2. The van der Waals surface area contributed by atoms with Gasteiger partial charge in [0.05, 0.1) is 6.21 Å². The summed E-state index contributed by atoms with van der Waals surface area (Å²) in [4.78, 5) is 15.6. The molecule has 0 saturated heterocycles. The van der Waals surface area contributed by atoms with Crippen LogP contribution in [-0.4, -0.2) is 22.2 Å². The average Bonchev–Trinajstić information content (AvgIpc) is 2.44. The maximum absolute atomic E-state index is 11.7. The zero-order chi connectivity index (χ0) is 14.5. The smallest absolute Gasteiger partial charge is 0.271 e. The predicted octanol–water partition coefficient (Wildman–Crippen LogP) is 2.17. The second-order valence-electron chi connectivity index (χ2n) is 4.45. The van der Waals surface area contributed by atoms with Crippen LogP contribution in [0, 0.1) is 13.8 Å². The van der Waals surface area contributed by atoms with Gasteiger partial charge in [-0.2, -0.15) is 5.10 Å². The fourth-order valence-electron chi connectivity index (χ4n) is 1.82. The third-order valence-electron chi connectivity index (χ3n) is 2.79. The summed E-state index contributed by atoms with van der Waals surface area (Å²) >= 11 is 0. The van der Waals surface area contributed by atoms with Gasteiger partial charge in [-0.3, -0.25) is 9.78 Å². The number of carbonyl (C=O) groups is 1. The molecule has 0 saturated carbocycles. The summed E-state index contributed by atoms with van der Waals surface area (Å²) in [6.07, 6.45) is 4.50. The van der Waals surface area contributed by atoms with Gasteiger partial charge in [-0.1, -0.05) is 6.07 Å². The Morgan fingerprint density at radius 1 is 1.30 bits per heavy atom. The molecule has 0 aliphatic heterocycles. The Labute approximate surface area is 117 Å². The van der Waals surface area contributed by atoms with Gasteiger partial charge >= 0.3 is 0 Å². The summed E-state index contributed by atoms with van der Waals surface area (Å²) < 4.78 is 0. The first-order valence-electron chi connectivity index (χ1n) is 6.11. The summed E-state index contributed by atoms with van der Waals surface area (Å²) in [6.45, 7) is 3.74. The minimum atomic E-state index is -0.326. The van der Waals surface area contributed by atoms with Gasteiger partial charge in [-0.25, -0.2) is 5.43 Å². The van der Waals surface area contributed by atoms with Crippen molar-refractivity contribution in [1.82, 2.24) is 10.4 Å². The molecular formula is C15H15N3O2. The number of pyridine rings is 1. The van der Waals surface area contributed by atoms with Crippen molar-refractivity contribution >= 4 is 12.1 Å². The Hall–Kier alpha value is -2.69. The molecule has 20 heavy (non-hydrogen) atoms. The van der Waals surface area contributed by atoms with Gasteiger partial charge < -0.3 is 5.11 Å². The first-order chi connectivity index (χ1) is 9.58. The topological polar surface area (TPSA) is 74.6 Å². The molecule has 0 aliphatic carbocycles. The molecule has 2 aromatic rings. The molecule has 0 spiro atoms. The lowest BCUT2D eigenvalue weighted by Crippen LogP contribution is -2.17. The van der Waals surface area contributed by atoms with E-state index in [1.807, 2.05) is 19.9 Å². The normalized spacial score (nSPS) is 10.7. The number of nitrogens with zero attached hydrogens (tertiary/aromatic N) is 2. The van der Waals surface area contributed by atoms with E-state index in [0.29, 0.717) is 11.1 Å². The fourth-order valence-corrected chi connectivity index (χ4v) is 1.82. The van der Waals surface area contributed by atoms with E-state index in [0.717, 1.165) is 11.1 Å². The van der Waals surface area contributed by atoms with Crippen molar-refractivity contribution in [3.63, 3.8) is 0 Å². The zero-order valence-electron chi connectivity index (χ0n) is 11.3. The largest absolute Gasteiger partial charge is 0.507 e. The predicted molar refractivity (Wildman–Crippen MR) is 76.9 cm³/mol. The van der Waals surface area contributed by atoms with Crippen molar-refractivity contribution in [2.45, 2.75) is 13.8 Å². The number of nitrogens with one attached hydrogen (secondary N) is 1. The van der Waals surface area contributed by atoms with Crippen molar-refractivity contribution in [3.8, 4) is 5.75 Å². The molecule has 1 amide bonds. The molecule has 0 bridgehead atoms. The van der Waals surface area contributed by atoms with E-state index in [-0.39, 0.29) is 11.7 Å². The number of carbonyl (C=O) groups excluding carboxylic acids is 1. The molecular weight excluding hydrogens is 254 g/mol. The number of hydrogen-bond donors (Lipinski definition) is 2. The fraction of sp³-hybridized carbons (Fsp3) is 0.133. The number of phenols is 1. The summed E-state index contributed by atoms with van der Waals surface area (Å²) in [6, 6.07) is 6.87. The number of hydrogen-bond acceptors (Lipinski definition) is 4. The molecule has 5 nitrogen and oxygen atoms in total. The molecule has 0 radical (unpaired) electrons. The first-order valence-corrected chi connectivity index (χ1v) is 6.11. The zero-order valence-corrected chi connectivity index (χ0v) is 11.3. The van der Waals surface area contributed by atoms with Crippen molar-refractivity contribution in [2.75, 3.05) is 0 Å². The lowest BCUT2D eigenvalue weighted by atomic mass is 10.1. The molecule has 0 unspecified atom stereocenters. The average molecular weight is 269 g/mol. The lowest BCUT2D eigenvalue weighted by Gasteiger charge is -2.04. The summed E-state index contributed by atoms with van der Waals surface area (Å²) in [7, 11) is 0. The quantitative estimate of drug-likeness (QED) is 0.662. The van der Waals surface area contributed by atoms with Crippen molar-refractivity contribution < 1.29 is 9.90 Å². The van der Waals surface area contributed by atoms with Crippen LogP contribution in [0.25, 0.3) is 0 Å². The highest BCUT2D eigenvalue weighted by atomic mass is 16.3. The third-order valence-corrected chi connectivity index (χ3v) is 2.79. The maximum atomic E-state index is 11.7. The highest BCUT2D eigenvalue weighted by Gasteiger charge is 2.05. The minimum absolute atomic E-state index is 0.164. The SMILES string of the molecule is Cc1cc(C)c(O)c(/C=N\NC(=O)c2ccncc2)c1. The van der Waals surface area contributed by atoms with Crippen LogP contribution in [0.2, 0.25) is 0 Å². The van der Waals surface area contributed by atoms with Crippen molar-refractivity contribution in [1.29, 1.82) is 0 Å². The van der Waals surface area contributed by atoms with E-state index in [1.165, 1.54) is 18.6 Å². The highest BCUT2D eigenvalue weighted by molar-refractivity contribution is 5.95. The first kappa shape index (κ1) is 13.7. The lowest BCUT2D eigenvalue weighted by molar-refractivity contribution is 0.0955. The number of rotatable bonds is 3. The van der Waals surface area contributed by atoms with E-state index >= 15 is 0 Å². The van der Waals surface area contributed by atoms with Crippen molar-refractivity contribution in [2.24, 2.45) is 5.10 Å². The van der Waals surface area contributed by atoms with E-state index in [4.69, 9.17) is 0 Å². The summed E-state index contributed by atoms with van der Waals surface area (Å²) in [5.41, 5.74) is 5.23. The van der Waals surface area contributed by atoms with E-state index in [9.17, 15) is 9.90 Å². The van der Waals surface area contributed by atoms with Gasteiger partial charge in [0.1, 0.15) is 5.75 Å². The molecule has 102 valence electrons. The van der Waals surface area contributed by atoms with Crippen LogP contribution < -0.4 is 5.43 Å². The Bertz CT molecular complexity index is 652. The minimum Gasteiger partial charge on any atom is -0.507 e. The van der Waals surface area contributed by atoms with Gasteiger partial charge in [-0.15, -0.1) is 0 Å². The van der Waals surface area contributed by atoms with Gasteiger partial charge in [0.25, 0.3) is 5.91 Å². The molecule has 1 heterocycles. The Balaban J connectivity index is 2.10. The molecule has 0 fully saturated rings. The standard InChI is InChI=1S/C15H15N3O2/c1-10-7-11(2)14(19)13(8-10)9-17-18-15(20)12-3-5-16-6-4-12/h3-9,19H,1-2H3,(H,18,20)/b17-9-. The van der Waals surface area contributed by atoms with Crippen LogP contribution >= 0.6 is 0 Å². The molecule has 0 atom stereocenters. The maximum Gasteiger partial charge on any atom is 0.271 e. The van der Waals surface area contributed by atoms with Crippen LogP contribution in [0.15, 0.2) is 41.8 Å². The van der Waals surface area contributed by atoms with Crippen molar-refractivity contribution in [3.05, 3.63) is 58.9 Å². The number of hydrazone groups is 1. The molecule has 0 aliphatic rings. The van der Waals surface area contributed by atoms with Crippen LogP contribution in [0.1, 0.15) is 27.0 Å². The highest BCUT2D eigenvalue weighted by Crippen LogP contribution is 2.21. The van der Waals surface area contributed by atoms with Crippen LogP contribution in [0.4, 0.5) is 0 Å². The van der Waals surface area contributed by atoms with E-state index in [1.54, 1.807) is 18.2 Å². The molecule has 2 N–H and O–H groups in total. The number of aromatic nitrogens is 1. The molecule has 2 rings (SSSR count). The molecule has 1 aromatic carbocycles.